The second kappa shape index (κ2) is 8.42. The fraction of sp³-hybridized carbons (Fsp3) is 0.542. The van der Waals surface area contributed by atoms with Crippen LogP contribution in [-0.2, 0) is 0 Å². The van der Waals surface area contributed by atoms with Gasteiger partial charge in [0.15, 0.2) is 0 Å². The van der Waals surface area contributed by atoms with E-state index in [-0.39, 0.29) is 28.9 Å². The first-order valence-electron chi connectivity index (χ1n) is 11.1. The molecular weight excluding hydrogens is 426 g/mol. The van der Waals surface area contributed by atoms with Gasteiger partial charge in [-0.25, -0.2) is 0 Å². The molecule has 1 aromatic heterocycles. The van der Waals surface area contributed by atoms with Gasteiger partial charge in [-0.15, -0.1) is 0 Å². The summed E-state index contributed by atoms with van der Waals surface area (Å²) in [5.41, 5.74) is 0.243. The summed E-state index contributed by atoms with van der Waals surface area (Å²) in [6.07, 6.45) is 3.80. The molecular formula is C24H30ClN5O2. The fourth-order valence-electron chi connectivity index (χ4n) is 5.53. The lowest BCUT2D eigenvalue weighted by Crippen LogP contribution is -2.74. The molecule has 0 bridgehead atoms. The van der Waals surface area contributed by atoms with Crippen LogP contribution in [0.2, 0.25) is 5.02 Å². The third-order valence-electron chi connectivity index (χ3n) is 6.95. The topological polar surface area (TPSA) is 92.0 Å². The monoisotopic (exact) mass is 455 g/mol. The number of nitrogens with zero attached hydrogens (tertiary/aromatic N) is 3. The van der Waals surface area contributed by atoms with E-state index in [9.17, 15) is 4.79 Å². The van der Waals surface area contributed by atoms with Crippen molar-refractivity contribution in [2.24, 2.45) is 10.8 Å². The van der Waals surface area contributed by atoms with Crippen molar-refractivity contribution in [3.05, 3.63) is 46.7 Å². The number of carbonyl (C=O) groups excluding carboxylic acids is 1. The van der Waals surface area contributed by atoms with Gasteiger partial charge in [0.25, 0.3) is 5.91 Å². The first kappa shape index (κ1) is 22.6. The number of rotatable bonds is 5. The fourth-order valence-corrected chi connectivity index (χ4v) is 5.75. The predicted octanol–water partition coefficient (Wildman–Crippen LogP) is 3.94. The van der Waals surface area contributed by atoms with Crippen molar-refractivity contribution in [1.29, 1.82) is 5.26 Å². The van der Waals surface area contributed by atoms with Crippen molar-refractivity contribution in [3.8, 4) is 11.8 Å². The highest BCUT2D eigenvalue weighted by atomic mass is 35.5. The van der Waals surface area contributed by atoms with Crippen molar-refractivity contribution in [3.63, 3.8) is 0 Å². The van der Waals surface area contributed by atoms with Gasteiger partial charge in [0.1, 0.15) is 23.6 Å². The zero-order valence-electron chi connectivity index (χ0n) is 19.0. The third-order valence-corrected chi connectivity index (χ3v) is 7.27. The predicted molar refractivity (Wildman–Crippen MR) is 123 cm³/mol. The number of benzene rings is 1. The average Bonchev–Trinajstić information content (AvgIpc) is 3.26. The molecule has 2 aliphatic rings. The number of ether oxygens (including phenoxy) is 1. The lowest BCUT2D eigenvalue weighted by atomic mass is 9.49. The van der Waals surface area contributed by atoms with Crippen LogP contribution in [0.4, 0.5) is 0 Å². The van der Waals surface area contributed by atoms with Crippen LogP contribution in [0.1, 0.15) is 62.6 Å². The van der Waals surface area contributed by atoms with Crippen molar-refractivity contribution >= 4 is 17.5 Å². The van der Waals surface area contributed by atoms with Gasteiger partial charge in [-0.05, 0) is 44.1 Å². The quantitative estimate of drug-likeness (QED) is 0.712. The largest absolute Gasteiger partial charge is 0.489 e. The zero-order valence-corrected chi connectivity index (χ0v) is 19.7. The lowest BCUT2D eigenvalue weighted by molar-refractivity contribution is -0.164. The Morgan fingerprint density at radius 1 is 1.25 bits per heavy atom. The van der Waals surface area contributed by atoms with E-state index in [0.29, 0.717) is 28.1 Å². The minimum atomic E-state index is -0.308. The van der Waals surface area contributed by atoms with E-state index in [0.717, 1.165) is 25.9 Å². The standard InChI is InChI=1S/C24H30ClN5O2/c1-23(2)21(24(3,4)22(23)32-17-6-5-15(14-26)18(25)13-17)28-20(31)19-9-12-30(29-19)16-7-10-27-11-8-16/h5-6,9,12-13,16,21-22,27H,7-8,10-11H2,1-4H3,(H,28,31). The van der Waals surface area contributed by atoms with Crippen molar-refractivity contribution < 1.29 is 9.53 Å². The number of nitriles is 1. The molecule has 2 N–H and O–H groups in total. The third kappa shape index (κ3) is 3.98. The minimum absolute atomic E-state index is 0.0922. The van der Waals surface area contributed by atoms with Crippen LogP contribution in [-0.4, -0.2) is 40.9 Å². The maximum Gasteiger partial charge on any atom is 0.272 e. The molecule has 32 heavy (non-hydrogen) atoms. The van der Waals surface area contributed by atoms with E-state index >= 15 is 0 Å². The molecule has 1 amide bonds. The molecule has 1 saturated heterocycles. The Labute approximate surface area is 194 Å². The molecule has 1 saturated carbocycles. The van der Waals surface area contributed by atoms with Crippen LogP contribution in [0.5, 0.6) is 5.75 Å². The Morgan fingerprint density at radius 2 is 1.94 bits per heavy atom. The van der Waals surface area contributed by atoms with Crippen LogP contribution in [0, 0.1) is 22.2 Å². The van der Waals surface area contributed by atoms with E-state index < -0.39 is 0 Å². The van der Waals surface area contributed by atoms with E-state index in [1.807, 2.05) is 10.9 Å². The number of halogens is 1. The van der Waals surface area contributed by atoms with E-state index in [1.165, 1.54) is 0 Å². The molecule has 170 valence electrons. The lowest BCUT2D eigenvalue weighted by Gasteiger charge is -2.63. The molecule has 4 rings (SSSR count). The molecule has 2 heterocycles. The molecule has 2 aromatic rings. The molecule has 2 fully saturated rings. The summed E-state index contributed by atoms with van der Waals surface area (Å²) in [6.45, 7) is 10.3. The first-order chi connectivity index (χ1) is 15.1. The van der Waals surface area contributed by atoms with Crippen LogP contribution in [0.15, 0.2) is 30.5 Å². The van der Waals surface area contributed by atoms with Crippen molar-refractivity contribution in [1.82, 2.24) is 20.4 Å². The minimum Gasteiger partial charge on any atom is -0.489 e. The molecule has 1 aromatic carbocycles. The Hall–Kier alpha value is -2.56. The maximum absolute atomic E-state index is 13.0. The summed E-state index contributed by atoms with van der Waals surface area (Å²) in [7, 11) is 0. The highest BCUT2D eigenvalue weighted by Gasteiger charge is 2.64. The highest BCUT2D eigenvalue weighted by Crippen LogP contribution is 2.55. The molecule has 0 radical (unpaired) electrons. The second-order valence-electron chi connectivity index (χ2n) is 9.96. The average molecular weight is 456 g/mol. The number of aromatic nitrogens is 2. The number of hydrogen-bond acceptors (Lipinski definition) is 5. The van der Waals surface area contributed by atoms with Crippen LogP contribution in [0.3, 0.4) is 0 Å². The Balaban J connectivity index is 1.44. The molecule has 0 unspecified atom stereocenters. The van der Waals surface area contributed by atoms with Gasteiger partial charge in [0.2, 0.25) is 0 Å². The first-order valence-corrected chi connectivity index (χ1v) is 11.5. The highest BCUT2D eigenvalue weighted by molar-refractivity contribution is 6.31. The van der Waals surface area contributed by atoms with Crippen LogP contribution in [0.25, 0.3) is 0 Å². The number of nitrogens with one attached hydrogen (secondary N) is 2. The molecule has 8 heteroatoms. The normalized spacial score (nSPS) is 24.2. The molecule has 1 aliphatic carbocycles. The SMILES string of the molecule is CC1(C)C(NC(=O)c2ccn(C3CCNCC3)n2)C(C)(C)C1Oc1ccc(C#N)c(Cl)c1. The van der Waals surface area contributed by atoms with E-state index in [4.69, 9.17) is 21.6 Å². The van der Waals surface area contributed by atoms with Crippen molar-refractivity contribution in [2.45, 2.75) is 58.7 Å². The number of hydrogen-bond donors (Lipinski definition) is 2. The van der Waals surface area contributed by atoms with Gasteiger partial charge < -0.3 is 15.4 Å². The smallest absolute Gasteiger partial charge is 0.272 e. The molecule has 1 aliphatic heterocycles. The number of carbonyl (C=O) groups is 1. The Kier molecular flexibility index (Phi) is 5.95. The summed E-state index contributed by atoms with van der Waals surface area (Å²) in [5, 5.41) is 20.6. The van der Waals surface area contributed by atoms with Gasteiger partial charge in [-0.2, -0.15) is 10.4 Å². The van der Waals surface area contributed by atoms with Crippen molar-refractivity contribution in [2.75, 3.05) is 13.1 Å². The van der Waals surface area contributed by atoms with Crippen LogP contribution < -0.4 is 15.4 Å². The van der Waals surface area contributed by atoms with E-state index in [1.54, 1.807) is 24.3 Å². The Bertz CT molecular complexity index is 1030. The van der Waals surface area contributed by atoms with Gasteiger partial charge in [-0.3, -0.25) is 9.48 Å². The summed E-state index contributed by atoms with van der Waals surface area (Å²) < 4.78 is 8.22. The van der Waals surface area contributed by atoms with Gasteiger partial charge in [-0.1, -0.05) is 39.3 Å². The van der Waals surface area contributed by atoms with E-state index in [2.05, 4.69) is 49.5 Å². The van der Waals surface area contributed by atoms with Gasteiger partial charge in [0, 0.05) is 29.1 Å². The Morgan fingerprint density at radius 3 is 2.56 bits per heavy atom. The van der Waals surface area contributed by atoms with Gasteiger partial charge >= 0.3 is 0 Å². The second-order valence-corrected chi connectivity index (χ2v) is 10.4. The molecule has 0 spiro atoms. The van der Waals surface area contributed by atoms with Crippen LogP contribution >= 0.6 is 11.6 Å². The number of piperidine rings is 1. The summed E-state index contributed by atoms with van der Waals surface area (Å²) in [6, 6.07) is 9.19. The number of amides is 1. The zero-order chi connectivity index (χ0) is 23.1. The summed E-state index contributed by atoms with van der Waals surface area (Å²) in [5.74, 6) is 0.453. The molecule has 7 nitrogen and oxygen atoms in total. The maximum atomic E-state index is 13.0. The summed E-state index contributed by atoms with van der Waals surface area (Å²) in [4.78, 5) is 13.0. The summed E-state index contributed by atoms with van der Waals surface area (Å²) >= 11 is 6.17. The molecule has 0 atom stereocenters. The van der Waals surface area contributed by atoms with Gasteiger partial charge in [0.05, 0.1) is 16.6 Å².